The van der Waals surface area contributed by atoms with Crippen molar-refractivity contribution in [3.63, 3.8) is 0 Å². The van der Waals surface area contributed by atoms with Crippen LogP contribution < -0.4 is 0 Å². The highest BCUT2D eigenvalue weighted by molar-refractivity contribution is 5.21. The van der Waals surface area contributed by atoms with Gasteiger partial charge in [-0.05, 0) is 24.0 Å². The Kier molecular flexibility index (Phi) is 2.18. The van der Waals surface area contributed by atoms with Crippen LogP contribution in [-0.4, -0.2) is 4.98 Å². The van der Waals surface area contributed by atoms with Crippen LogP contribution in [0, 0.1) is 12.7 Å². The number of hydrogen-bond acceptors (Lipinski definition) is 1. The average Bonchev–Trinajstić information content (AvgIpc) is 1.92. The molecule has 0 saturated carbocycles. The smallest absolute Gasteiger partial charge is 0.144 e. The summed E-state index contributed by atoms with van der Waals surface area (Å²) in [4.78, 5) is 3.97. The summed E-state index contributed by atoms with van der Waals surface area (Å²) in [5, 5.41) is 0. The number of hydrogen-bond donors (Lipinski definition) is 0. The molecule has 0 aliphatic rings. The summed E-state index contributed by atoms with van der Waals surface area (Å²) >= 11 is 0. The fourth-order valence-corrected chi connectivity index (χ4v) is 0.916. The van der Waals surface area contributed by atoms with Gasteiger partial charge in [0.25, 0.3) is 0 Å². The summed E-state index contributed by atoms with van der Waals surface area (Å²) in [5.74, 6) is -0.220. The maximum atomic E-state index is 13.0. The molecule has 1 aromatic rings. The van der Waals surface area contributed by atoms with E-state index in [2.05, 4.69) is 4.98 Å². The largest absolute Gasteiger partial charge is 0.258 e. The maximum absolute atomic E-state index is 13.0. The lowest BCUT2D eigenvalue weighted by Crippen LogP contribution is -2.12. The normalized spacial score (nSPS) is 11.8. The van der Waals surface area contributed by atoms with Crippen LogP contribution >= 0.6 is 0 Å². The van der Waals surface area contributed by atoms with Gasteiger partial charge in [0.2, 0.25) is 0 Å². The van der Waals surface area contributed by atoms with Crippen LogP contribution in [-0.2, 0) is 5.41 Å². The first-order chi connectivity index (χ1) is 5.41. The molecule has 1 rings (SSSR count). The minimum absolute atomic E-state index is 0.0263. The third-order valence-corrected chi connectivity index (χ3v) is 1.89. The van der Waals surface area contributed by atoms with Crippen molar-refractivity contribution in [2.24, 2.45) is 0 Å². The van der Waals surface area contributed by atoms with E-state index in [0.717, 1.165) is 5.56 Å². The first-order valence-electron chi connectivity index (χ1n) is 4.04. The summed E-state index contributed by atoms with van der Waals surface area (Å²) in [5.41, 5.74) is 1.37. The Balaban J connectivity index is 3.14. The number of nitrogens with zero attached hydrogens (tertiary/aromatic N) is 1. The number of aromatic nitrogens is 1. The molecule has 0 saturated heterocycles. The first kappa shape index (κ1) is 9.17. The van der Waals surface area contributed by atoms with E-state index < -0.39 is 0 Å². The number of rotatable bonds is 0. The van der Waals surface area contributed by atoms with E-state index in [9.17, 15) is 4.39 Å². The zero-order valence-corrected chi connectivity index (χ0v) is 7.98. The Labute approximate surface area is 72.6 Å². The second kappa shape index (κ2) is 2.85. The molecule has 0 radical (unpaired) electrons. The monoisotopic (exact) mass is 167 g/mol. The summed E-state index contributed by atoms with van der Waals surface area (Å²) in [6, 6.07) is 1.56. The van der Waals surface area contributed by atoms with Crippen molar-refractivity contribution in [3.05, 3.63) is 29.3 Å². The average molecular weight is 167 g/mol. The van der Waals surface area contributed by atoms with Crippen LogP contribution in [0.15, 0.2) is 12.3 Å². The fourth-order valence-electron chi connectivity index (χ4n) is 0.916. The molecular weight excluding hydrogens is 153 g/mol. The van der Waals surface area contributed by atoms with Gasteiger partial charge in [0.15, 0.2) is 0 Å². The van der Waals surface area contributed by atoms with Crippen molar-refractivity contribution in [2.75, 3.05) is 0 Å². The standard InChI is InChI=1S/C10H14FN/c1-7-9(11)5-8(6-12-7)10(2,3)4/h5-6H,1-4H3. The molecule has 66 valence electrons. The van der Waals surface area contributed by atoms with Gasteiger partial charge in [-0.15, -0.1) is 0 Å². The van der Waals surface area contributed by atoms with Gasteiger partial charge >= 0.3 is 0 Å². The lowest BCUT2D eigenvalue weighted by molar-refractivity contribution is 0.561. The Hall–Kier alpha value is -0.920. The highest BCUT2D eigenvalue weighted by atomic mass is 19.1. The third kappa shape index (κ3) is 1.81. The van der Waals surface area contributed by atoms with E-state index in [4.69, 9.17) is 0 Å². The van der Waals surface area contributed by atoms with Crippen LogP contribution in [0.5, 0.6) is 0 Å². The Morgan fingerprint density at radius 1 is 1.33 bits per heavy atom. The lowest BCUT2D eigenvalue weighted by Gasteiger charge is -2.18. The van der Waals surface area contributed by atoms with E-state index in [1.165, 1.54) is 0 Å². The molecule has 1 heterocycles. The molecule has 0 bridgehead atoms. The quantitative estimate of drug-likeness (QED) is 0.579. The molecule has 1 aromatic heterocycles. The molecular formula is C10H14FN. The topological polar surface area (TPSA) is 12.9 Å². The predicted molar refractivity (Wildman–Crippen MR) is 47.6 cm³/mol. The van der Waals surface area contributed by atoms with Crippen LogP contribution in [0.3, 0.4) is 0 Å². The minimum atomic E-state index is -0.220. The van der Waals surface area contributed by atoms with Crippen LogP contribution in [0.2, 0.25) is 0 Å². The van der Waals surface area contributed by atoms with Crippen molar-refractivity contribution >= 4 is 0 Å². The Morgan fingerprint density at radius 3 is 2.33 bits per heavy atom. The molecule has 0 aromatic carbocycles. The van der Waals surface area contributed by atoms with Crippen molar-refractivity contribution in [2.45, 2.75) is 33.1 Å². The molecule has 0 N–H and O–H groups in total. The predicted octanol–water partition coefficient (Wildman–Crippen LogP) is 2.83. The van der Waals surface area contributed by atoms with Gasteiger partial charge in [0.05, 0.1) is 5.69 Å². The van der Waals surface area contributed by atoms with Gasteiger partial charge in [-0.2, -0.15) is 0 Å². The summed E-state index contributed by atoms with van der Waals surface area (Å²) in [6.07, 6.45) is 1.73. The SMILES string of the molecule is Cc1ncc(C(C)(C)C)cc1F. The van der Waals surface area contributed by atoms with Crippen molar-refractivity contribution in [3.8, 4) is 0 Å². The highest BCUT2D eigenvalue weighted by Gasteiger charge is 2.15. The van der Waals surface area contributed by atoms with Crippen molar-refractivity contribution in [1.29, 1.82) is 0 Å². The van der Waals surface area contributed by atoms with Gasteiger partial charge in [-0.25, -0.2) is 4.39 Å². The van der Waals surface area contributed by atoms with E-state index in [1.807, 2.05) is 20.8 Å². The van der Waals surface area contributed by atoms with Gasteiger partial charge in [-0.3, -0.25) is 4.98 Å². The Bertz CT molecular complexity index is 286. The molecule has 2 heteroatoms. The fraction of sp³-hybridized carbons (Fsp3) is 0.500. The van der Waals surface area contributed by atoms with Gasteiger partial charge < -0.3 is 0 Å². The minimum Gasteiger partial charge on any atom is -0.258 e. The van der Waals surface area contributed by atoms with Gasteiger partial charge in [0, 0.05) is 6.20 Å². The number of halogens is 1. The van der Waals surface area contributed by atoms with E-state index >= 15 is 0 Å². The van der Waals surface area contributed by atoms with Gasteiger partial charge in [-0.1, -0.05) is 20.8 Å². The summed E-state index contributed by atoms with van der Waals surface area (Å²) in [7, 11) is 0. The molecule has 0 aliphatic heterocycles. The number of aryl methyl sites for hydroxylation is 1. The molecule has 12 heavy (non-hydrogen) atoms. The summed E-state index contributed by atoms with van der Waals surface area (Å²) < 4.78 is 13.0. The number of pyridine rings is 1. The highest BCUT2D eigenvalue weighted by Crippen LogP contribution is 2.22. The van der Waals surface area contributed by atoms with Crippen molar-refractivity contribution < 1.29 is 4.39 Å². The van der Waals surface area contributed by atoms with Crippen LogP contribution in [0.25, 0.3) is 0 Å². The van der Waals surface area contributed by atoms with Gasteiger partial charge in [0.1, 0.15) is 5.82 Å². The summed E-state index contributed by atoms with van der Waals surface area (Å²) in [6.45, 7) is 7.79. The molecule has 0 amide bonds. The van der Waals surface area contributed by atoms with Crippen LogP contribution in [0.1, 0.15) is 32.0 Å². The van der Waals surface area contributed by atoms with Crippen LogP contribution in [0.4, 0.5) is 4.39 Å². The lowest BCUT2D eigenvalue weighted by atomic mass is 9.88. The maximum Gasteiger partial charge on any atom is 0.144 e. The van der Waals surface area contributed by atoms with E-state index in [-0.39, 0.29) is 11.2 Å². The molecule has 0 spiro atoms. The molecule has 1 nitrogen and oxygen atoms in total. The zero-order chi connectivity index (χ0) is 9.35. The zero-order valence-electron chi connectivity index (χ0n) is 7.98. The van der Waals surface area contributed by atoms with E-state index in [0.29, 0.717) is 5.69 Å². The molecule has 0 unspecified atom stereocenters. The van der Waals surface area contributed by atoms with Crippen molar-refractivity contribution in [1.82, 2.24) is 4.98 Å². The second-order valence-electron chi connectivity index (χ2n) is 4.04. The first-order valence-corrected chi connectivity index (χ1v) is 4.04. The Morgan fingerprint density at radius 2 is 1.92 bits per heavy atom. The second-order valence-corrected chi connectivity index (χ2v) is 4.04. The molecule has 0 atom stereocenters. The molecule has 0 aliphatic carbocycles. The third-order valence-electron chi connectivity index (χ3n) is 1.89. The van der Waals surface area contributed by atoms with E-state index in [1.54, 1.807) is 19.2 Å². The molecule has 0 fully saturated rings.